The monoisotopic (exact) mass is 404 g/mol. The quantitative estimate of drug-likeness (QED) is 0.587. The summed E-state index contributed by atoms with van der Waals surface area (Å²) in [5, 5.41) is 7.55. The number of nitrogens with zero attached hydrogens (tertiary/aromatic N) is 4. The van der Waals surface area contributed by atoms with Crippen molar-refractivity contribution in [2.75, 3.05) is 5.75 Å². The van der Waals surface area contributed by atoms with E-state index in [1.54, 1.807) is 18.2 Å². The first-order valence-electron chi connectivity index (χ1n) is 6.81. The van der Waals surface area contributed by atoms with Gasteiger partial charge in [0.15, 0.2) is 5.65 Å². The lowest BCUT2D eigenvalue weighted by atomic mass is 10.3. The van der Waals surface area contributed by atoms with Gasteiger partial charge in [0.05, 0.1) is 11.0 Å². The fraction of sp³-hybridized carbons (Fsp3) is 0.357. The van der Waals surface area contributed by atoms with Gasteiger partial charge in [-0.2, -0.15) is 13.2 Å². The second kappa shape index (κ2) is 5.94. The molecule has 1 aromatic carbocycles. The van der Waals surface area contributed by atoms with Crippen LogP contribution in [-0.2, 0) is 6.18 Å². The van der Waals surface area contributed by atoms with Gasteiger partial charge in [-0.1, -0.05) is 29.8 Å². The van der Waals surface area contributed by atoms with Gasteiger partial charge in [-0.15, -0.1) is 22.0 Å². The minimum atomic E-state index is -4.59. The molecule has 0 saturated heterocycles. The second-order valence-electron chi connectivity index (χ2n) is 5.44. The van der Waals surface area contributed by atoms with Gasteiger partial charge in [0.1, 0.15) is 5.03 Å². The topological polar surface area (TPSA) is 43.1 Å². The zero-order valence-corrected chi connectivity index (χ0v) is 14.6. The highest BCUT2D eigenvalue weighted by Crippen LogP contribution is 2.33. The van der Waals surface area contributed by atoms with Crippen LogP contribution in [0.15, 0.2) is 27.7 Å². The average Bonchev–Trinajstić information content (AvgIpc) is 2.90. The molecule has 4 nitrogen and oxygen atoms in total. The first-order valence-corrected chi connectivity index (χ1v) is 8.59. The number of benzene rings is 1. The van der Waals surface area contributed by atoms with Crippen molar-refractivity contribution >= 4 is 44.4 Å². The maximum atomic E-state index is 13.3. The number of halogens is 4. The van der Waals surface area contributed by atoms with E-state index < -0.39 is 12.0 Å². The van der Waals surface area contributed by atoms with Crippen LogP contribution in [0.1, 0.15) is 19.7 Å². The molecule has 9 heteroatoms. The molecule has 0 radical (unpaired) electrons. The number of thioether (sulfide) groups is 1. The molecule has 0 atom stereocenters. The maximum absolute atomic E-state index is 13.3. The zero-order chi connectivity index (χ0) is 16.8. The molecule has 0 bridgehead atoms. The lowest BCUT2D eigenvalue weighted by Crippen LogP contribution is -2.12. The first kappa shape index (κ1) is 16.5. The zero-order valence-electron chi connectivity index (χ0n) is 12.2. The summed E-state index contributed by atoms with van der Waals surface area (Å²) in [5.41, 5.74) is 0.923. The summed E-state index contributed by atoms with van der Waals surface area (Å²) in [6, 6.07) is 5.01. The molecule has 2 aromatic heterocycles. The molecule has 0 amide bonds. The highest BCUT2D eigenvalue weighted by atomic mass is 79.9. The molecule has 3 rings (SSSR count). The van der Waals surface area contributed by atoms with E-state index >= 15 is 0 Å². The Kier molecular flexibility index (Phi) is 4.26. The Balaban J connectivity index is 2.33. The standard InChI is InChI=1S/C14H12BrF3N4S/c1-7(2)6-23-12-11-20-21-13(14(16,17)18)22(11)10-5-8(15)3-4-9(10)19-12/h3-5,7H,6H2,1-2H3. The van der Waals surface area contributed by atoms with Crippen LogP contribution in [0, 0.1) is 5.92 Å². The predicted octanol–water partition coefficient (Wildman–Crippen LogP) is 4.81. The molecular weight excluding hydrogens is 393 g/mol. The number of fused-ring (bicyclic) bond motifs is 3. The largest absolute Gasteiger partial charge is 0.452 e. The molecule has 0 N–H and O–H groups in total. The SMILES string of the molecule is CC(C)CSc1nc2ccc(Br)cc2n2c(C(F)(F)F)nnc12. The number of aromatic nitrogens is 4. The smallest absolute Gasteiger partial charge is 0.267 e. The van der Waals surface area contributed by atoms with Gasteiger partial charge in [0.2, 0.25) is 5.82 Å². The van der Waals surface area contributed by atoms with E-state index in [0.717, 1.165) is 10.2 Å². The Morgan fingerprint density at radius 2 is 2.00 bits per heavy atom. The summed E-state index contributed by atoms with van der Waals surface area (Å²) < 4.78 is 41.5. The summed E-state index contributed by atoms with van der Waals surface area (Å²) in [6.07, 6.45) is -4.59. The summed E-state index contributed by atoms with van der Waals surface area (Å²) in [7, 11) is 0. The fourth-order valence-electron chi connectivity index (χ4n) is 2.11. The van der Waals surface area contributed by atoms with Gasteiger partial charge in [-0.25, -0.2) is 4.98 Å². The molecule has 0 fully saturated rings. The van der Waals surface area contributed by atoms with Crippen LogP contribution < -0.4 is 0 Å². The second-order valence-corrected chi connectivity index (χ2v) is 7.36. The van der Waals surface area contributed by atoms with Crippen LogP contribution in [0.4, 0.5) is 13.2 Å². The normalized spacial score (nSPS) is 12.7. The van der Waals surface area contributed by atoms with Gasteiger partial charge in [-0.3, -0.25) is 4.40 Å². The van der Waals surface area contributed by atoms with Crippen molar-refractivity contribution in [2.45, 2.75) is 25.0 Å². The van der Waals surface area contributed by atoms with E-state index in [4.69, 9.17) is 0 Å². The molecule has 0 saturated carbocycles. The van der Waals surface area contributed by atoms with Crippen LogP contribution in [0.25, 0.3) is 16.7 Å². The Morgan fingerprint density at radius 1 is 1.26 bits per heavy atom. The molecule has 23 heavy (non-hydrogen) atoms. The van der Waals surface area contributed by atoms with Gasteiger partial charge < -0.3 is 0 Å². The van der Waals surface area contributed by atoms with Crippen molar-refractivity contribution < 1.29 is 13.2 Å². The Bertz CT molecular complexity index is 876. The van der Waals surface area contributed by atoms with Crippen molar-refractivity contribution in [1.29, 1.82) is 0 Å². The van der Waals surface area contributed by atoms with E-state index in [2.05, 4.69) is 31.1 Å². The van der Waals surface area contributed by atoms with E-state index in [0.29, 0.717) is 26.4 Å². The van der Waals surface area contributed by atoms with E-state index in [1.165, 1.54) is 11.8 Å². The number of hydrogen-bond acceptors (Lipinski definition) is 4. The molecule has 122 valence electrons. The van der Waals surface area contributed by atoms with Gasteiger partial charge in [0, 0.05) is 10.2 Å². The van der Waals surface area contributed by atoms with Crippen molar-refractivity contribution in [3.63, 3.8) is 0 Å². The Morgan fingerprint density at radius 3 is 2.65 bits per heavy atom. The Hall–Kier alpha value is -1.35. The van der Waals surface area contributed by atoms with Gasteiger partial charge >= 0.3 is 6.18 Å². The lowest BCUT2D eigenvalue weighted by Gasteiger charge is -2.10. The number of hydrogen-bond donors (Lipinski definition) is 0. The van der Waals surface area contributed by atoms with E-state index in [9.17, 15) is 13.2 Å². The molecule has 2 heterocycles. The fourth-order valence-corrected chi connectivity index (χ4v) is 3.37. The average molecular weight is 405 g/mol. The third-order valence-corrected chi connectivity index (χ3v) is 4.94. The van der Waals surface area contributed by atoms with Crippen molar-refractivity contribution in [2.24, 2.45) is 5.92 Å². The minimum absolute atomic E-state index is 0.133. The first-order chi connectivity index (χ1) is 10.8. The lowest BCUT2D eigenvalue weighted by molar-refractivity contribution is -0.145. The Labute approximate surface area is 142 Å². The summed E-state index contributed by atoms with van der Waals surface area (Å²) in [6.45, 7) is 4.07. The van der Waals surface area contributed by atoms with Crippen molar-refractivity contribution in [3.8, 4) is 0 Å². The summed E-state index contributed by atoms with van der Waals surface area (Å²) in [5.74, 6) is 0.0793. The number of rotatable bonds is 3. The maximum Gasteiger partial charge on any atom is 0.452 e. The molecule has 3 aromatic rings. The van der Waals surface area contributed by atoms with E-state index in [-0.39, 0.29) is 5.65 Å². The summed E-state index contributed by atoms with van der Waals surface area (Å²) in [4.78, 5) is 4.46. The molecule has 0 aliphatic rings. The summed E-state index contributed by atoms with van der Waals surface area (Å²) >= 11 is 4.67. The third-order valence-electron chi connectivity index (χ3n) is 3.06. The highest BCUT2D eigenvalue weighted by Gasteiger charge is 2.38. The van der Waals surface area contributed by atoms with Crippen LogP contribution in [0.2, 0.25) is 0 Å². The predicted molar refractivity (Wildman–Crippen MR) is 86.6 cm³/mol. The molecule has 0 aliphatic heterocycles. The molecule has 0 unspecified atom stereocenters. The van der Waals surface area contributed by atoms with Gasteiger partial charge in [-0.05, 0) is 24.1 Å². The third kappa shape index (κ3) is 3.16. The van der Waals surface area contributed by atoms with Gasteiger partial charge in [0.25, 0.3) is 0 Å². The molecule has 0 aliphatic carbocycles. The van der Waals surface area contributed by atoms with Crippen LogP contribution in [0.5, 0.6) is 0 Å². The minimum Gasteiger partial charge on any atom is -0.267 e. The van der Waals surface area contributed by atoms with Crippen LogP contribution in [0.3, 0.4) is 0 Å². The van der Waals surface area contributed by atoms with Crippen molar-refractivity contribution in [3.05, 3.63) is 28.5 Å². The van der Waals surface area contributed by atoms with Crippen LogP contribution in [-0.4, -0.2) is 25.3 Å². The molecule has 0 spiro atoms. The highest BCUT2D eigenvalue weighted by molar-refractivity contribution is 9.10. The van der Waals surface area contributed by atoms with Crippen LogP contribution >= 0.6 is 27.7 Å². The van der Waals surface area contributed by atoms with E-state index in [1.807, 2.05) is 13.8 Å². The van der Waals surface area contributed by atoms with Crippen molar-refractivity contribution in [1.82, 2.24) is 19.6 Å². The number of alkyl halides is 3. The molecular formula is C14H12BrF3N4S.